The van der Waals surface area contributed by atoms with Gasteiger partial charge in [0.25, 0.3) is 5.91 Å². The van der Waals surface area contributed by atoms with Crippen LogP contribution < -0.4 is 5.73 Å². The third-order valence-corrected chi connectivity index (χ3v) is 4.53. The van der Waals surface area contributed by atoms with Gasteiger partial charge in [0.2, 0.25) is 5.91 Å². The van der Waals surface area contributed by atoms with Gasteiger partial charge < -0.3 is 10.6 Å². The Hall–Kier alpha value is -2.70. The second kappa shape index (κ2) is 7.46. The van der Waals surface area contributed by atoms with Gasteiger partial charge in [-0.25, -0.2) is 0 Å². The zero-order valence-electron chi connectivity index (χ0n) is 14.4. The number of hydrogen-bond donors (Lipinski definition) is 1. The number of amides is 2. The molecule has 0 aliphatic carbocycles. The van der Waals surface area contributed by atoms with Gasteiger partial charge in [-0.05, 0) is 31.4 Å². The molecule has 25 heavy (non-hydrogen) atoms. The molecule has 1 aliphatic rings. The van der Waals surface area contributed by atoms with E-state index in [1.165, 1.54) is 0 Å². The van der Waals surface area contributed by atoms with Crippen molar-refractivity contribution in [3.63, 3.8) is 0 Å². The van der Waals surface area contributed by atoms with Crippen LogP contribution in [0.2, 0.25) is 0 Å². The van der Waals surface area contributed by atoms with Gasteiger partial charge in [0.05, 0.1) is 11.8 Å². The third kappa shape index (κ3) is 4.23. The summed E-state index contributed by atoms with van der Waals surface area (Å²) < 4.78 is 1.64. The summed E-state index contributed by atoms with van der Waals surface area (Å²) in [6.45, 7) is 1.41. The first-order chi connectivity index (χ1) is 12.0. The quantitative estimate of drug-likeness (QED) is 0.885. The molecule has 0 bridgehead atoms. The van der Waals surface area contributed by atoms with E-state index in [1.54, 1.807) is 24.1 Å². The average molecular weight is 341 g/mol. The monoisotopic (exact) mass is 341 g/mol. The number of likely N-dealkylation sites (tertiary alicyclic amines) is 1. The molecule has 7 nitrogen and oxygen atoms in total. The Bertz CT molecular complexity index is 770. The van der Waals surface area contributed by atoms with Crippen molar-refractivity contribution in [1.29, 1.82) is 0 Å². The van der Waals surface area contributed by atoms with Crippen LogP contribution in [0.3, 0.4) is 0 Å². The molecule has 0 unspecified atom stereocenters. The van der Waals surface area contributed by atoms with Crippen LogP contribution in [0.5, 0.6) is 0 Å². The highest BCUT2D eigenvalue weighted by molar-refractivity contribution is 5.93. The Morgan fingerprint density at radius 2 is 2.20 bits per heavy atom. The van der Waals surface area contributed by atoms with E-state index in [2.05, 4.69) is 10.1 Å². The number of carbonyl (C=O) groups is 2. The van der Waals surface area contributed by atoms with Gasteiger partial charge in [0.1, 0.15) is 0 Å². The number of rotatable bonds is 5. The maximum atomic E-state index is 12.6. The fourth-order valence-corrected chi connectivity index (χ4v) is 3.23. The minimum atomic E-state index is -0.321. The molecule has 3 rings (SSSR count). The summed E-state index contributed by atoms with van der Waals surface area (Å²) in [5.41, 5.74) is 7.67. The van der Waals surface area contributed by atoms with Gasteiger partial charge in [-0.1, -0.05) is 6.07 Å². The van der Waals surface area contributed by atoms with Crippen LogP contribution in [0.1, 0.15) is 46.9 Å². The maximum Gasteiger partial charge on any atom is 0.257 e. The minimum absolute atomic E-state index is 0.0164. The number of carbonyl (C=O) groups excluding carboxylic acids is 2. The minimum Gasteiger partial charge on any atom is -0.370 e. The lowest BCUT2D eigenvalue weighted by Crippen LogP contribution is -2.39. The molecular weight excluding hydrogens is 318 g/mol. The molecule has 7 heteroatoms. The fraction of sp³-hybridized carbons (Fsp3) is 0.444. The Labute approximate surface area is 146 Å². The highest BCUT2D eigenvalue weighted by atomic mass is 16.2. The molecule has 2 N–H and O–H groups in total. The normalized spacial score (nSPS) is 17.5. The van der Waals surface area contributed by atoms with Gasteiger partial charge in [-0.15, -0.1) is 0 Å². The first kappa shape index (κ1) is 17.1. The van der Waals surface area contributed by atoms with E-state index in [0.29, 0.717) is 24.9 Å². The smallest absolute Gasteiger partial charge is 0.257 e. The summed E-state index contributed by atoms with van der Waals surface area (Å²) in [7, 11) is 1.80. The van der Waals surface area contributed by atoms with E-state index in [9.17, 15) is 9.59 Å². The molecule has 3 heterocycles. The highest BCUT2D eigenvalue weighted by Crippen LogP contribution is 2.26. The van der Waals surface area contributed by atoms with Crippen LogP contribution in [0.25, 0.3) is 0 Å². The van der Waals surface area contributed by atoms with Crippen LogP contribution in [-0.2, 0) is 18.3 Å². The number of aryl methyl sites for hydroxylation is 2. The Morgan fingerprint density at radius 1 is 1.36 bits per heavy atom. The van der Waals surface area contributed by atoms with E-state index in [1.807, 2.05) is 23.1 Å². The second-order valence-electron chi connectivity index (χ2n) is 6.51. The first-order valence-electron chi connectivity index (χ1n) is 8.55. The predicted molar refractivity (Wildman–Crippen MR) is 92.8 cm³/mol. The van der Waals surface area contributed by atoms with Gasteiger partial charge in [-0.3, -0.25) is 19.3 Å². The SMILES string of the molecule is Cn1cc(C(=O)N2CCC[C@@H](c3cccc(CCC(N)=O)n3)C2)cn1. The van der Waals surface area contributed by atoms with E-state index in [4.69, 9.17) is 5.73 Å². The van der Waals surface area contributed by atoms with Crippen molar-refractivity contribution >= 4 is 11.8 Å². The summed E-state index contributed by atoms with van der Waals surface area (Å²) in [5, 5.41) is 4.08. The lowest BCUT2D eigenvalue weighted by Gasteiger charge is -2.32. The Morgan fingerprint density at radius 3 is 2.92 bits per heavy atom. The topological polar surface area (TPSA) is 94.1 Å². The van der Waals surface area contributed by atoms with E-state index >= 15 is 0 Å². The predicted octanol–water partition coefficient (Wildman–Crippen LogP) is 1.25. The molecule has 0 spiro atoms. The summed E-state index contributed by atoms with van der Waals surface area (Å²) in [4.78, 5) is 30.1. The van der Waals surface area contributed by atoms with Crippen molar-refractivity contribution < 1.29 is 9.59 Å². The lowest BCUT2D eigenvalue weighted by atomic mass is 9.93. The zero-order valence-corrected chi connectivity index (χ0v) is 14.4. The third-order valence-electron chi connectivity index (χ3n) is 4.53. The Balaban J connectivity index is 1.69. The van der Waals surface area contributed by atoms with Crippen molar-refractivity contribution in [2.75, 3.05) is 13.1 Å². The van der Waals surface area contributed by atoms with E-state index < -0.39 is 0 Å². The Kier molecular flexibility index (Phi) is 5.11. The molecule has 2 aromatic heterocycles. The lowest BCUT2D eigenvalue weighted by molar-refractivity contribution is -0.118. The largest absolute Gasteiger partial charge is 0.370 e. The fourth-order valence-electron chi connectivity index (χ4n) is 3.23. The van der Waals surface area contributed by atoms with Gasteiger partial charge in [0, 0.05) is 50.1 Å². The molecule has 0 radical (unpaired) electrons. The molecule has 2 aromatic rings. The van der Waals surface area contributed by atoms with Crippen molar-refractivity contribution in [2.45, 2.75) is 31.6 Å². The van der Waals surface area contributed by atoms with Crippen molar-refractivity contribution in [3.8, 4) is 0 Å². The molecule has 1 saturated heterocycles. The van der Waals surface area contributed by atoms with Crippen LogP contribution in [0.4, 0.5) is 0 Å². The molecule has 132 valence electrons. The summed E-state index contributed by atoms with van der Waals surface area (Å²) in [6.07, 6.45) is 6.15. The van der Waals surface area contributed by atoms with Crippen LogP contribution in [0, 0.1) is 0 Å². The van der Waals surface area contributed by atoms with Crippen molar-refractivity contribution in [1.82, 2.24) is 19.7 Å². The molecule has 1 atom stereocenters. The number of nitrogens with zero attached hydrogens (tertiary/aromatic N) is 4. The van der Waals surface area contributed by atoms with Crippen molar-refractivity contribution in [3.05, 3.63) is 47.5 Å². The standard InChI is InChI=1S/C18H23N5O2/c1-22-11-14(10-20-22)18(25)23-9-3-4-13(12-23)16-6-2-5-15(21-16)7-8-17(19)24/h2,5-6,10-11,13H,3-4,7-9,12H2,1H3,(H2,19,24)/t13-/m1/s1. The molecule has 2 amide bonds. The summed E-state index contributed by atoms with van der Waals surface area (Å²) in [6, 6.07) is 5.87. The molecule has 0 saturated carbocycles. The molecule has 1 aliphatic heterocycles. The highest BCUT2D eigenvalue weighted by Gasteiger charge is 2.27. The van der Waals surface area contributed by atoms with Gasteiger partial charge >= 0.3 is 0 Å². The summed E-state index contributed by atoms with van der Waals surface area (Å²) >= 11 is 0. The summed E-state index contributed by atoms with van der Waals surface area (Å²) in [5.74, 6) is -0.0938. The molecular formula is C18H23N5O2. The second-order valence-corrected chi connectivity index (χ2v) is 6.51. The number of pyridine rings is 1. The number of piperidine rings is 1. The number of hydrogen-bond acceptors (Lipinski definition) is 4. The van der Waals surface area contributed by atoms with Gasteiger partial charge in [-0.2, -0.15) is 5.10 Å². The average Bonchev–Trinajstić information content (AvgIpc) is 3.06. The van der Waals surface area contributed by atoms with Crippen LogP contribution >= 0.6 is 0 Å². The van der Waals surface area contributed by atoms with E-state index in [0.717, 1.165) is 30.8 Å². The van der Waals surface area contributed by atoms with E-state index in [-0.39, 0.29) is 17.7 Å². The van der Waals surface area contributed by atoms with Crippen LogP contribution in [0.15, 0.2) is 30.6 Å². The van der Waals surface area contributed by atoms with Gasteiger partial charge in [0.15, 0.2) is 0 Å². The number of primary amides is 1. The zero-order chi connectivity index (χ0) is 17.8. The number of nitrogens with two attached hydrogens (primary N) is 1. The number of aromatic nitrogens is 3. The molecule has 0 aromatic carbocycles. The first-order valence-corrected chi connectivity index (χ1v) is 8.55. The maximum absolute atomic E-state index is 12.6. The van der Waals surface area contributed by atoms with Crippen LogP contribution in [-0.4, -0.2) is 44.6 Å². The molecule has 1 fully saturated rings. The van der Waals surface area contributed by atoms with Crippen molar-refractivity contribution in [2.24, 2.45) is 12.8 Å².